The Morgan fingerprint density at radius 3 is 2.74 bits per heavy atom. The van der Waals surface area contributed by atoms with Crippen LogP contribution in [0.4, 0.5) is 5.69 Å². The summed E-state index contributed by atoms with van der Waals surface area (Å²) in [6.45, 7) is 2.33. The van der Waals surface area contributed by atoms with Gasteiger partial charge < -0.3 is 9.73 Å². The molecule has 0 saturated carbocycles. The maximum atomic E-state index is 12.6. The second kappa shape index (κ2) is 9.05. The Morgan fingerprint density at radius 1 is 1.33 bits per heavy atom. The van der Waals surface area contributed by atoms with E-state index < -0.39 is 4.92 Å². The smallest absolute Gasteiger partial charge is 0.283 e. The van der Waals surface area contributed by atoms with Crippen LogP contribution in [-0.2, 0) is 0 Å². The van der Waals surface area contributed by atoms with Crippen molar-refractivity contribution < 1.29 is 14.1 Å². The summed E-state index contributed by atoms with van der Waals surface area (Å²) in [5.41, 5.74) is 0.241. The largest absolute Gasteiger partial charge is 0.468 e. The van der Waals surface area contributed by atoms with Gasteiger partial charge in [-0.15, -0.1) is 11.8 Å². The molecule has 2 heterocycles. The fourth-order valence-corrected chi connectivity index (χ4v) is 3.93. The van der Waals surface area contributed by atoms with E-state index >= 15 is 0 Å². The van der Waals surface area contributed by atoms with Crippen LogP contribution in [0.1, 0.15) is 41.4 Å². The molecule has 2 aromatic rings. The Morgan fingerprint density at radius 2 is 2.11 bits per heavy atom. The third kappa shape index (κ3) is 4.70. The van der Waals surface area contributed by atoms with Crippen LogP contribution in [0.2, 0.25) is 0 Å². The van der Waals surface area contributed by atoms with Gasteiger partial charge in [-0.2, -0.15) is 0 Å². The SMILES string of the molecule is CSc1ccc(C(=O)NC[C@H](c2ccco2)N2CCCCC2)cc1[N+](=O)[O-]. The van der Waals surface area contributed by atoms with Crippen LogP contribution in [0.15, 0.2) is 45.9 Å². The molecule has 1 fully saturated rings. The Bertz CT molecular complexity index is 788. The quantitative estimate of drug-likeness (QED) is 0.439. The Balaban J connectivity index is 1.72. The highest BCUT2D eigenvalue weighted by Gasteiger charge is 2.25. The number of rotatable bonds is 7. The number of thioether (sulfide) groups is 1. The van der Waals surface area contributed by atoms with E-state index in [1.807, 2.05) is 12.1 Å². The highest BCUT2D eigenvalue weighted by atomic mass is 32.2. The van der Waals surface area contributed by atoms with Gasteiger partial charge in [0.25, 0.3) is 11.6 Å². The van der Waals surface area contributed by atoms with Gasteiger partial charge in [0.15, 0.2) is 0 Å². The Labute approximate surface area is 162 Å². The van der Waals surface area contributed by atoms with Crippen LogP contribution in [0, 0.1) is 10.1 Å². The van der Waals surface area contributed by atoms with Gasteiger partial charge in [0, 0.05) is 18.2 Å². The molecule has 0 spiro atoms. The minimum atomic E-state index is -0.456. The van der Waals surface area contributed by atoms with E-state index in [0.29, 0.717) is 11.4 Å². The van der Waals surface area contributed by atoms with Gasteiger partial charge >= 0.3 is 0 Å². The number of nitrogens with zero attached hydrogens (tertiary/aromatic N) is 2. The van der Waals surface area contributed by atoms with Crippen molar-refractivity contribution in [2.24, 2.45) is 0 Å². The molecule has 27 heavy (non-hydrogen) atoms. The summed E-state index contributed by atoms with van der Waals surface area (Å²) in [6.07, 6.45) is 6.90. The number of carbonyl (C=O) groups excluding carboxylic acids is 1. The van der Waals surface area contributed by atoms with Crippen LogP contribution in [0.25, 0.3) is 0 Å². The van der Waals surface area contributed by atoms with E-state index in [9.17, 15) is 14.9 Å². The summed E-state index contributed by atoms with van der Waals surface area (Å²) in [7, 11) is 0. The molecule has 3 rings (SSSR count). The fourth-order valence-electron chi connectivity index (χ4n) is 3.39. The zero-order chi connectivity index (χ0) is 19.2. The van der Waals surface area contributed by atoms with Crippen LogP contribution in [-0.4, -0.2) is 41.6 Å². The van der Waals surface area contributed by atoms with Crippen molar-refractivity contribution in [1.29, 1.82) is 0 Å². The van der Waals surface area contributed by atoms with Crippen LogP contribution >= 0.6 is 11.8 Å². The first-order valence-corrected chi connectivity index (χ1v) is 10.2. The predicted octanol–water partition coefficient (Wildman–Crippen LogP) is 3.87. The number of hydrogen-bond acceptors (Lipinski definition) is 6. The lowest BCUT2D eigenvalue weighted by molar-refractivity contribution is -0.387. The summed E-state index contributed by atoms with van der Waals surface area (Å²) >= 11 is 1.29. The standard InChI is InChI=1S/C19H23N3O4S/c1-27-18-8-7-14(12-15(18)22(24)25)19(23)20-13-16(17-6-5-11-26-17)21-9-3-2-4-10-21/h5-8,11-12,16H,2-4,9-10,13H2,1H3,(H,20,23)/t16-/m1/s1. The van der Waals surface area contributed by atoms with Crippen molar-refractivity contribution in [3.63, 3.8) is 0 Å². The molecule has 1 N–H and O–H groups in total. The fraction of sp³-hybridized carbons (Fsp3) is 0.421. The first kappa shape index (κ1) is 19.4. The second-order valence-corrected chi connectivity index (χ2v) is 7.33. The van der Waals surface area contributed by atoms with Crippen molar-refractivity contribution >= 4 is 23.4 Å². The Kier molecular flexibility index (Phi) is 6.52. The number of piperidine rings is 1. The van der Waals surface area contributed by atoms with E-state index in [4.69, 9.17) is 4.42 Å². The first-order chi connectivity index (χ1) is 13.1. The summed E-state index contributed by atoms with van der Waals surface area (Å²) in [4.78, 5) is 26.2. The highest BCUT2D eigenvalue weighted by Crippen LogP contribution is 2.28. The number of nitrogens with one attached hydrogen (secondary N) is 1. The first-order valence-electron chi connectivity index (χ1n) is 8.98. The van der Waals surface area contributed by atoms with Gasteiger partial charge in [-0.3, -0.25) is 19.8 Å². The van der Waals surface area contributed by atoms with Gasteiger partial charge in [0.05, 0.1) is 22.1 Å². The van der Waals surface area contributed by atoms with Crippen LogP contribution in [0.3, 0.4) is 0 Å². The van der Waals surface area contributed by atoms with E-state index in [0.717, 1.165) is 31.7 Å². The van der Waals surface area contributed by atoms with E-state index in [1.165, 1.54) is 24.2 Å². The number of carbonyl (C=O) groups is 1. The van der Waals surface area contributed by atoms with Crippen molar-refractivity contribution in [3.05, 3.63) is 58.0 Å². The third-order valence-corrected chi connectivity index (χ3v) is 5.58. The van der Waals surface area contributed by atoms with Crippen molar-refractivity contribution in [1.82, 2.24) is 10.2 Å². The molecule has 1 saturated heterocycles. The maximum absolute atomic E-state index is 12.6. The summed E-state index contributed by atoms with van der Waals surface area (Å²) in [5, 5.41) is 14.1. The van der Waals surface area contributed by atoms with Gasteiger partial charge in [-0.1, -0.05) is 6.42 Å². The minimum absolute atomic E-state index is 0.0373. The number of nitro groups is 1. The number of benzene rings is 1. The molecule has 7 nitrogen and oxygen atoms in total. The molecule has 0 aliphatic carbocycles. The molecule has 1 atom stereocenters. The maximum Gasteiger partial charge on any atom is 0.283 e. The lowest BCUT2D eigenvalue weighted by Crippen LogP contribution is -2.40. The highest BCUT2D eigenvalue weighted by molar-refractivity contribution is 7.98. The third-order valence-electron chi connectivity index (χ3n) is 4.80. The molecule has 1 aromatic heterocycles. The molecule has 1 aliphatic heterocycles. The number of likely N-dealkylation sites (tertiary alicyclic amines) is 1. The van der Waals surface area contributed by atoms with Crippen molar-refractivity contribution in [3.8, 4) is 0 Å². The number of nitro benzene ring substituents is 1. The van der Waals surface area contributed by atoms with Gasteiger partial charge in [0.1, 0.15) is 5.76 Å². The zero-order valence-corrected chi connectivity index (χ0v) is 16.0. The topological polar surface area (TPSA) is 88.6 Å². The lowest BCUT2D eigenvalue weighted by atomic mass is 10.1. The molecule has 0 radical (unpaired) electrons. The van der Waals surface area contributed by atoms with Crippen molar-refractivity contribution in [2.45, 2.75) is 30.2 Å². The number of hydrogen-bond donors (Lipinski definition) is 1. The molecule has 1 amide bonds. The zero-order valence-electron chi connectivity index (χ0n) is 15.2. The average Bonchev–Trinajstić information content (AvgIpc) is 3.22. The summed E-state index contributed by atoms with van der Waals surface area (Å²) in [5.74, 6) is 0.500. The van der Waals surface area contributed by atoms with Crippen LogP contribution < -0.4 is 5.32 Å². The predicted molar refractivity (Wildman–Crippen MR) is 104 cm³/mol. The van der Waals surface area contributed by atoms with Gasteiger partial charge in [0.2, 0.25) is 0 Å². The molecular formula is C19H23N3O4S. The van der Waals surface area contributed by atoms with Gasteiger partial charge in [-0.25, -0.2) is 0 Å². The molecule has 8 heteroatoms. The lowest BCUT2D eigenvalue weighted by Gasteiger charge is -2.33. The van der Waals surface area contributed by atoms with Gasteiger partial charge in [-0.05, 0) is 56.5 Å². The minimum Gasteiger partial charge on any atom is -0.468 e. The monoisotopic (exact) mass is 389 g/mol. The molecule has 0 unspecified atom stereocenters. The summed E-state index contributed by atoms with van der Waals surface area (Å²) in [6, 6.07) is 8.31. The molecule has 144 valence electrons. The number of furan rings is 1. The van der Waals surface area contributed by atoms with E-state index in [-0.39, 0.29) is 23.2 Å². The van der Waals surface area contributed by atoms with Crippen LogP contribution in [0.5, 0.6) is 0 Å². The van der Waals surface area contributed by atoms with E-state index in [1.54, 1.807) is 24.7 Å². The molecular weight excluding hydrogens is 366 g/mol. The average molecular weight is 389 g/mol. The van der Waals surface area contributed by atoms with Crippen molar-refractivity contribution in [2.75, 3.05) is 25.9 Å². The second-order valence-electron chi connectivity index (χ2n) is 6.48. The van der Waals surface area contributed by atoms with E-state index in [2.05, 4.69) is 10.2 Å². The normalized spacial score (nSPS) is 16.0. The Hall–Kier alpha value is -2.32. The number of amides is 1. The molecule has 1 aromatic carbocycles. The molecule has 1 aliphatic rings. The summed E-state index contributed by atoms with van der Waals surface area (Å²) < 4.78 is 5.58. The molecule has 0 bridgehead atoms.